The molecule has 154 valence electrons. The molecule has 0 N–H and O–H groups in total. The van der Waals surface area contributed by atoms with Crippen molar-refractivity contribution in [1.29, 1.82) is 0 Å². The van der Waals surface area contributed by atoms with Crippen LogP contribution < -0.4 is 4.90 Å². The number of hydrogen-bond acceptors (Lipinski definition) is 5. The summed E-state index contributed by atoms with van der Waals surface area (Å²) >= 11 is 7.70. The van der Waals surface area contributed by atoms with Crippen LogP contribution in [0.3, 0.4) is 0 Å². The van der Waals surface area contributed by atoms with Crippen LogP contribution in [0.5, 0.6) is 0 Å². The van der Waals surface area contributed by atoms with Gasteiger partial charge in [0.1, 0.15) is 0 Å². The third-order valence-electron chi connectivity index (χ3n) is 5.53. The second-order valence-electron chi connectivity index (χ2n) is 7.39. The largest absolute Gasteiger partial charge is 0.379 e. The molecule has 1 saturated carbocycles. The minimum absolute atomic E-state index is 0. The number of aromatic nitrogens is 1. The van der Waals surface area contributed by atoms with E-state index < -0.39 is 0 Å². The summed E-state index contributed by atoms with van der Waals surface area (Å²) in [6, 6.07) is 5.72. The van der Waals surface area contributed by atoms with Gasteiger partial charge in [-0.15, -0.1) is 12.4 Å². The first-order valence-corrected chi connectivity index (χ1v) is 11.1. The van der Waals surface area contributed by atoms with Crippen molar-refractivity contribution in [3.8, 4) is 0 Å². The molecule has 1 aromatic heterocycles. The first-order chi connectivity index (χ1) is 13.2. The lowest BCUT2D eigenvalue weighted by Gasteiger charge is -2.31. The van der Waals surface area contributed by atoms with Crippen molar-refractivity contribution in [2.75, 3.05) is 44.3 Å². The highest BCUT2D eigenvalue weighted by molar-refractivity contribution is 7.22. The SMILES string of the molecule is Cl.O=C(C1CCCCC1)N(CCN1CCOCC1)c1nc2ccc(Cl)cc2s1. The van der Waals surface area contributed by atoms with Crippen LogP contribution in [0.4, 0.5) is 5.13 Å². The Labute approximate surface area is 181 Å². The Kier molecular flexibility index (Phi) is 7.94. The van der Waals surface area contributed by atoms with E-state index in [4.69, 9.17) is 21.3 Å². The molecule has 0 bridgehead atoms. The van der Waals surface area contributed by atoms with Gasteiger partial charge in [-0.05, 0) is 31.0 Å². The summed E-state index contributed by atoms with van der Waals surface area (Å²) in [6.45, 7) is 4.95. The fraction of sp³-hybridized carbons (Fsp3) is 0.600. The van der Waals surface area contributed by atoms with E-state index in [-0.39, 0.29) is 24.2 Å². The normalized spacial score (nSPS) is 18.8. The Morgan fingerprint density at radius 3 is 2.75 bits per heavy atom. The zero-order chi connectivity index (χ0) is 18.6. The van der Waals surface area contributed by atoms with E-state index >= 15 is 0 Å². The topological polar surface area (TPSA) is 45.7 Å². The Morgan fingerprint density at radius 2 is 2.00 bits per heavy atom. The van der Waals surface area contributed by atoms with Gasteiger partial charge < -0.3 is 4.74 Å². The van der Waals surface area contributed by atoms with Gasteiger partial charge in [0.15, 0.2) is 5.13 Å². The molecule has 2 fully saturated rings. The van der Waals surface area contributed by atoms with Crippen LogP contribution in [-0.2, 0) is 9.53 Å². The van der Waals surface area contributed by atoms with Crippen molar-refractivity contribution in [2.45, 2.75) is 32.1 Å². The number of hydrogen-bond donors (Lipinski definition) is 0. The third-order valence-corrected chi connectivity index (χ3v) is 6.81. The van der Waals surface area contributed by atoms with E-state index in [0.29, 0.717) is 11.6 Å². The minimum Gasteiger partial charge on any atom is -0.379 e. The lowest BCUT2D eigenvalue weighted by Crippen LogP contribution is -2.45. The standard InChI is InChI=1S/C20H26ClN3O2S.ClH/c21-16-6-7-17-18(14-16)27-20(22-17)24(9-8-23-10-12-26-13-11-23)19(25)15-4-2-1-3-5-15;/h6-7,14-15H,1-5,8-13H2;1H. The number of amides is 1. The lowest BCUT2D eigenvalue weighted by molar-refractivity contribution is -0.123. The van der Waals surface area contributed by atoms with E-state index in [9.17, 15) is 4.79 Å². The molecule has 0 unspecified atom stereocenters. The Bertz CT molecular complexity index is 789. The van der Waals surface area contributed by atoms with Gasteiger partial charge in [-0.3, -0.25) is 14.6 Å². The van der Waals surface area contributed by atoms with Crippen molar-refractivity contribution in [1.82, 2.24) is 9.88 Å². The number of carbonyl (C=O) groups is 1. The average Bonchev–Trinajstić information content (AvgIpc) is 3.12. The van der Waals surface area contributed by atoms with Crippen LogP contribution in [0.2, 0.25) is 5.02 Å². The number of fused-ring (bicyclic) bond motifs is 1. The van der Waals surface area contributed by atoms with Gasteiger partial charge in [-0.2, -0.15) is 0 Å². The fourth-order valence-corrected chi connectivity index (χ4v) is 5.21. The van der Waals surface area contributed by atoms with Gasteiger partial charge in [0.25, 0.3) is 0 Å². The van der Waals surface area contributed by atoms with E-state index in [0.717, 1.165) is 73.9 Å². The van der Waals surface area contributed by atoms with Crippen molar-refractivity contribution >= 4 is 56.6 Å². The second kappa shape index (κ2) is 10.2. The number of anilines is 1. The summed E-state index contributed by atoms with van der Waals surface area (Å²) in [5.41, 5.74) is 0.909. The van der Waals surface area contributed by atoms with Gasteiger partial charge in [0, 0.05) is 37.1 Å². The summed E-state index contributed by atoms with van der Waals surface area (Å²) in [5.74, 6) is 0.382. The number of ether oxygens (including phenoxy) is 1. The van der Waals surface area contributed by atoms with Crippen molar-refractivity contribution < 1.29 is 9.53 Å². The number of morpholine rings is 1. The molecule has 0 atom stereocenters. The second-order valence-corrected chi connectivity index (χ2v) is 8.83. The van der Waals surface area contributed by atoms with Crippen molar-refractivity contribution in [3.05, 3.63) is 23.2 Å². The lowest BCUT2D eigenvalue weighted by atomic mass is 9.88. The first-order valence-electron chi connectivity index (χ1n) is 9.88. The zero-order valence-electron chi connectivity index (χ0n) is 15.9. The van der Waals surface area contributed by atoms with E-state index in [1.807, 2.05) is 23.1 Å². The van der Waals surface area contributed by atoms with E-state index in [1.165, 1.54) is 6.42 Å². The van der Waals surface area contributed by atoms with Gasteiger partial charge in [-0.25, -0.2) is 4.98 Å². The highest BCUT2D eigenvalue weighted by Crippen LogP contribution is 2.33. The van der Waals surface area contributed by atoms with E-state index in [1.54, 1.807) is 11.3 Å². The molecular formula is C20H27Cl2N3O2S. The maximum Gasteiger partial charge on any atom is 0.231 e. The van der Waals surface area contributed by atoms with Gasteiger partial charge in [0.05, 0.1) is 23.4 Å². The number of rotatable bonds is 5. The summed E-state index contributed by atoms with van der Waals surface area (Å²) in [7, 11) is 0. The molecule has 28 heavy (non-hydrogen) atoms. The number of thiazole rings is 1. The quantitative estimate of drug-likeness (QED) is 0.676. The minimum atomic E-state index is 0. The molecule has 4 rings (SSSR count). The maximum atomic E-state index is 13.3. The smallest absolute Gasteiger partial charge is 0.231 e. The Morgan fingerprint density at radius 1 is 1.25 bits per heavy atom. The summed E-state index contributed by atoms with van der Waals surface area (Å²) in [6.07, 6.45) is 5.57. The summed E-state index contributed by atoms with van der Waals surface area (Å²) in [4.78, 5) is 22.4. The average molecular weight is 444 g/mol. The zero-order valence-corrected chi connectivity index (χ0v) is 18.3. The molecule has 1 aliphatic carbocycles. The Hall–Kier alpha value is -0.920. The molecule has 1 aliphatic heterocycles. The summed E-state index contributed by atoms with van der Waals surface area (Å²) in [5, 5.41) is 1.51. The molecule has 1 saturated heterocycles. The highest BCUT2D eigenvalue weighted by atomic mass is 35.5. The molecule has 2 aromatic rings. The van der Waals surface area contributed by atoms with Crippen LogP contribution >= 0.6 is 35.3 Å². The van der Waals surface area contributed by atoms with Crippen LogP contribution in [0.25, 0.3) is 10.2 Å². The van der Waals surface area contributed by atoms with Gasteiger partial charge in [-0.1, -0.05) is 42.2 Å². The number of benzene rings is 1. The molecule has 5 nitrogen and oxygen atoms in total. The van der Waals surface area contributed by atoms with Crippen LogP contribution in [-0.4, -0.2) is 55.2 Å². The number of nitrogens with zero attached hydrogens (tertiary/aromatic N) is 3. The van der Waals surface area contributed by atoms with Crippen molar-refractivity contribution in [3.63, 3.8) is 0 Å². The summed E-state index contributed by atoms with van der Waals surface area (Å²) < 4.78 is 6.47. The molecule has 2 heterocycles. The molecule has 1 aromatic carbocycles. The molecule has 0 radical (unpaired) electrons. The van der Waals surface area contributed by atoms with Crippen LogP contribution in [0.1, 0.15) is 32.1 Å². The fourth-order valence-electron chi connectivity index (χ4n) is 3.94. The third kappa shape index (κ3) is 5.16. The highest BCUT2D eigenvalue weighted by Gasteiger charge is 2.29. The molecule has 8 heteroatoms. The predicted octanol–water partition coefficient (Wildman–Crippen LogP) is 4.62. The number of carbonyl (C=O) groups excluding carboxylic acids is 1. The van der Waals surface area contributed by atoms with Gasteiger partial charge >= 0.3 is 0 Å². The molecule has 0 spiro atoms. The van der Waals surface area contributed by atoms with Crippen LogP contribution in [0.15, 0.2) is 18.2 Å². The molecule has 2 aliphatic rings. The maximum absolute atomic E-state index is 13.3. The Balaban J connectivity index is 0.00000225. The van der Waals surface area contributed by atoms with Crippen LogP contribution in [0, 0.1) is 5.92 Å². The predicted molar refractivity (Wildman–Crippen MR) is 118 cm³/mol. The monoisotopic (exact) mass is 443 g/mol. The molecule has 1 amide bonds. The van der Waals surface area contributed by atoms with Crippen molar-refractivity contribution in [2.24, 2.45) is 5.92 Å². The van der Waals surface area contributed by atoms with Gasteiger partial charge in [0.2, 0.25) is 5.91 Å². The first kappa shape index (κ1) is 21.8. The van der Waals surface area contributed by atoms with E-state index in [2.05, 4.69) is 4.90 Å². The molecular weight excluding hydrogens is 417 g/mol. The number of halogens is 2.